The first kappa shape index (κ1) is 26.7. The molecule has 1 aromatic carbocycles. The Bertz CT molecular complexity index is 1440. The molecular formula is C30H35N3O7. The number of phenols is 1. The van der Waals surface area contributed by atoms with E-state index in [2.05, 4.69) is 11.0 Å². The topological polar surface area (TPSA) is 165 Å². The van der Waals surface area contributed by atoms with Gasteiger partial charge < -0.3 is 26.2 Å². The van der Waals surface area contributed by atoms with E-state index in [1.807, 2.05) is 6.07 Å². The summed E-state index contributed by atoms with van der Waals surface area (Å²) in [5.41, 5.74) is 4.54. The van der Waals surface area contributed by atoms with Crippen molar-refractivity contribution in [2.24, 2.45) is 23.5 Å². The lowest BCUT2D eigenvalue weighted by Crippen LogP contribution is -2.63. The number of Topliss-reactive ketones (excluding diaryl/α,β-unsaturated/α-hetero) is 2. The Morgan fingerprint density at radius 1 is 1.18 bits per heavy atom. The average Bonchev–Trinajstić information content (AvgIpc) is 3.70. The lowest BCUT2D eigenvalue weighted by molar-refractivity contribution is -0.148. The molecule has 0 saturated heterocycles. The highest BCUT2D eigenvalue weighted by Crippen LogP contribution is 2.53. The second-order valence-corrected chi connectivity index (χ2v) is 12.1. The van der Waals surface area contributed by atoms with Gasteiger partial charge in [-0.2, -0.15) is 0 Å². The van der Waals surface area contributed by atoms with Crippen molar-refractivity contribution in [3.05, 3.63) is 57.6 Å². The molecule has 1 aliphatic heterocycles. The maximum Gasteiger partial charge on any atom is 0.255 e. The number of nitrogens with zero attached hydrogens (tertiary/aromatic N) is 2. The van der Waals surface area contributed by atoms with E-state index in [1.54, 1.807) is 19.0 Å². The van der Waals surface area contributed by atoms with Crippen LogP contribution < -0.4 is 5.73 Å². The number of carbonyl (C=O) groups is 3. The zero-order valence-electron chi connectivity index (χ0n) is 22.7. The van der Waals surface area contributed by atoms with E-state index in [4.69, 9.17) is 5.73 Å². The molecule has 0 aromatic heterocycles. The molecule has 0 spiro atoms. The largest absolute Gasteiger partial charge is 0.510 e. The lowest BCUT2D eigenvalue weighted by atomic mass is 9.58. The highest BCUT2D eigenvalue weighted by Gasteiger charge is 2.63. The van der Waals surface area contributed by atoms with Gasteiger partial charge in [0.1, 0.15) is 22.8 Å². The third kappa shape index (κ3) is 3.84. The number of rotatable bonds is 5. The van der Waals surface area contributed by atoms with Crippen molar-refractivity contribution in [2.75, 3.05) is 33.7 Å². The van der Waals surface area contributed by atoms with Crippen LogP contribution in [0.1, 0.15) is 47.2 Å². The van der Waals surface area contributed by atoms with Crippen LogP contribution in [0.4, 0.5) is 0 Å². The van der Waals surface area contributed by atoms with Crippen molar-refractivity contribution in [1.29, 1.82) is 0 Å². The molecule has 10 heteroatoms. The van der Waals surface area contributed by atoms with Gasteiger partial charge in [-0.05, 0) is 80.8 Å². The van der Waals surface area contributed by atoms with Gasteiger partial charge >= 0.3 is 0 Å². The van der Waals surface area contributed by atoms with E-state index < -0.39 is 58.0 Å². The lowest BCUT2D eigenvalue weighted by Gasteiger charge is -2.50. The molecule has 4 aliphatic carbocycles. The summed E-state index contributed by atoms with van der Waals surface area (Å²) in [5.74, 6) is -5.60. The molecule has 6 rings (SSSR count). The molecule has 1 heterocycles. The summed E-state index contributed by atoms with van der Waals surface area (Å²) in [4.78, 5) is 43.5. The summed E-state index contributed by atoms with van der Waals surface area (Å²) in [5, 5.41) is 44.9. The number of benzene rings is 1. The third-order valence-corrected chi connectivity index (χ3v) is 9.46. The molecule has 0 bridgehead atoms. The number of phenolic OH excluding ortho intramolecular Hbond substituents is 1. The normalized spacial score (nSPS) is 30.7. The predicted molar refractivity (Wildman–Crippen MR) is 145 cm³/mol. The van der Waals surface area contributed by atoms with Crippen LogP contribution >= 0.6 is 0 Å². The van der Waals surface area contributed by atoms with E-state index in [1.165, 1.54) is 18.9 Å². The number of primary amides is 1. The van der Waals surface area contributed by atoms with E-state index in [0.717, 1.165) is 43.1 Å². The number of nitrogens with two attached hydrogens (primary N) is 1. The number of amides is 1. The zero-order chi connectivity index (χ0) is 28.7. The Kier molecular flexibility index (Phi) is 6.21. The van der Waals surface area contributed by atoms with Crippen LogP contribution in [-0.2, 0) is 16.0 Å². The van der Waals surface area contributed by atoms with E-state index >= 15 is 0 Å². The first-order chi connectivity index (χ1) is 18.9. The number of aromatic hydroxyl groups is 1. The van der Waals surface area contributed by atoms with Crippen LogP contribution in [0.3, 0.4) is 0 Å². The first-order valence-corrected chi connectivity index (χ1v) is 13.9. The van der Waals surface area contributed by atoms with Gasteiger partial charge in [-0.25, -0.2) is 0 Å². The maximum absolute atomic E-state index is 13.9. The van der Waals surface area contributed by atoms with E-state index in [-0.39, 0.29) is 23.3 Å². The van der Waals surface area contributed by atoms with Gasteiger partial charge in [0.15, 0.2) is 11.4 Å². The van der Waals surface area contributed by atoms with Gasteiger partial charge in [-0.3, -0.25) is 24.2 Å². The van der Waals surface area contributed by atoms with E-state index in [0.29, 0.717) is 12.0 Å². The van der Waals surface area contributed by atoms with Crippen molar-refractivity contribution < 1.29 is 34.8 Å². The van der Waals surface area contributed by atoms with Crippen LogP contribution in [0, 0.1) is 17.8 Å². The Morgan fingerprint density at radius 3 is 2.50 bits per heavy atom. The standard InChI is InChI=1S/C30H35N3O7/c1-32(2)24-19-12-16-11-18-17(15-7-9-33(10-8-15)13-14-3-4-14)5-6-20(34)22(18)25(35)21(16)27(37)30(19,40)28(38)23(26(24)36)29(31)39/h5-7,14,16,19,24,34,36-37,40H,3-4,8-13H2,1-2H3,(H2,31,39)/t16-,19-,24-,30-/m0/s1. The molecular weight excluding hydrogens is 514 g/mol. The van der Waals surface area contributed by atoms with Crippen molar-refractivity contribution in [1.82, 2.24) is 9.80 Å². The number of ketones is 2. The van der Waals surface area contributed by atoms with Crippen molar-refractivity contribution >= 4 is 23.0 Å². The summed E-state index contributed by atoms with van der Waals surface area (Å²) in [6.07, 6.45) is 5.94. The van der Waals surface area contributed by atoms with Gasteiger partial charge in [0.25, 0.3) is 5.91 Å². The third-order valence-electron chi connectivity index (χ3n) is 9.46. The number of hydrogen-bond acceptors (Lipinski definition) is 9. The fraction of sp³-hybridized carbons (Fsp3) is 0.500. The number of carbonyl (C=O) groups excluding carboxylic acids is 3. The molecule has 4 atom stereocenters. The minimum Gasteiger partial charge on any atom is -0.510 e. The Morgan fingerprint density at radius 2 is 1.90 bits per heavy atom. The summed E-state index contributed by atoms with van der Waals surface area (Å²) in [6.45, 7) is 2.83. The molecule has 40 heavy (non-hydrogen) atoms. The van der Waals surface area contributed by atoms with Crippen LogP contribution in [0.2, 0.25) is 0 Å². The molecule has 0 radical (unpaired) electrons. The highest BCUT2D eigenvalue weighted by atomic mass is 16.3. The smallest absolute Gasteiger partial charge is 0.255 e. The second-order valence-electron chi connectivity index (χ2n) is 12.1. The van der Waals surface area contributed by atoms with Gasteiger partial charge in [0, 0.05) is 31.1 Å². The molecule has 6 N–H and O–H groups in total. The Labute approximate surface area is 232 Å². The van der Waals surface area contributed by atoms with Gasteiger partial charge in [0.05, 0.1) is 11.6 Å². The summed E-state index contributed by atoms with van der Waals surface area (Å²) in [6, 6.07) is 2.30. The first-order valence-electron chi connectivity index (χ1n) is 13.9. The molecule has 5 aliphatic rings. The molecule has 10 nitrogen and oxygen atoms in total. The van der Waals surface area contributed by atoms with Crippen LogP contribution in [-0.4, -0.2) is 93.1 Å². The van der Waals surface area contributed by atoms with Crippen LogP contribution in [0.5, 0.6) is 5.75 Å². The quantitative estimate of drug-likeness (QED) is 0.343. The summed E-state index contributed by atoms with van der Waals surface area (Å²) in [7, 11) is 3.23. The van der Waals surface area contributed by atoms with Crippen molar-refractivity contribution in [3.8, 4) is 5.75 Å². The van der Waals surface area contributed by atoms with Crippen LogP contribution in [0.15, 0.2) is 40.9 Å². The fourth-order valence-corrected chi connectivity index (χ4v) is 7.34. The monoisotopic (exact) mass is 549 g/mol. The van der Waals surface area contributed by atoms with Gasteiger partial charge in [-0.15, -0.1) is 0 Å². The molecule has 0 unspecified atom stereocenters. The number of allylic oxidation sites excluding steroid dienone is 1. The average molecular weight is 550 g/mol. The molecule has 1 fully saturated rings. The Balaban J connectivity index is 1.44. The SMILES string of the molecule is CN(C)[C@@H]1C(O)=C(C(N)=O)C(=O)[C@@]2(O)C(O)=C3C(=O)c4c(O)ccc(C5=CCN(CC6CC6)CC5)c4C[C@H]3C[C@@H]12. The summed E-state index contributed by atoms with van der Waals surface area (Å²) < 4.78 is 0. The molecule has 1 amide bonds. The predicted octanol–water partition coefficient (Wildman–Crippen LogP) is 1.62. The second kappa shape index (κ2) is 9.29. The van der Waals surface area contributed by atoms with E-state index in [9.17, 15) is 34.8 Å². The number of aliphatic hydroxyl groups is 3. The van der Waals surface area contributed by atoms with Crippen molar-refractivity contribution in [2.45, 2.75) is 43.7 Å². The minimum atomic E-state index is -2.63. The number of fused-ring (bicyclic) bond motifs is 3. The van der Waals surface area contributed by atoms with Crippen molar-refractivity contribution in [3.63, 3.8) is 0 Å². The maximum atomic E-state index is 13.9. The molecule has 212 valence electrons. The zero-order valence-corrected chi connectivity index (χ0v) is 22.7. The summed E-state index contributed by atoms with van der Waals surface area (Å²) >= 11 is 0. The minimum absolute atomic E-state index is 0.0552. The van der Waals surface area contributed by atoms with Crippen LogP contribution in [0.25, 0.3) is 5.57 Å². The number of likely N-dealkylation sites (N-methyl/N-ethyl adjacent to an activating group) is 1. The Hall–Kier alpha value is -3.47. The molecule has 1 aromatic rings. The van der Waals surface area contributed by atoms with Gasteiger partial charge in [-0.1, -0.05) is 12.1 Å². The number of hydrogen-bond donors (Lipinski definition) is 5. The highest BCUT2D eigenvalue weighted by molar-refractivity contribution is 6.24. The fourth-order valence-electron chi connectivity index (χ4n) is 7.34. The van der Waals surface area contributed by atoms with Gasteiger partial charge in [0.2, 0.25) is 5.78 Å². The number of aliphatic hydroxyl groups excluding tert-OH is 2. The molecule has 1 saturated carbocycles.